The van der Waals surface area contributed by atoms with Gasteiger partial charge in [0.15, 0.2) is 5.65 Å². The molecule has 2 fully saturated rings. The van der Waals surface area contributed by atoms with Gasteiger partial charge < -0.3 is 5.32 Å². The van der Waals surface area contributed by atoms with Crippen LogP contribution in [0.3, 0.4) is 0 Å². The van der Waals surface area contributed by atoms with E-state index in [0.29, 0.717) is 0 Å². The molecule has 27 heavy (non-hydrogen) atoms. The van der Waals surface area contributed by atoms with E-state index in [0.717, 1.165) is 61.6 Å². The molecule has 138 valence electrons. The van der Waals surface area contributed by atoms with Crippen molar-refractivity contribution in [2.24, 2.45) is 0 Å². The molecule has 1 aromatic carbocycles. The van der Waals surface area contributed by atoms with Gasteiger partial charge in [-0.25, -0.2) is 9.50 Å². The van der Waals surface area contributed by atoms with Gasteiger partial charge in [-0.3, -0.25) is 14.6 Å². The van der Waals surface area contributed by atoms with E-state index in [2.05, 4.69) is 37.3 Å². The molecule has 7 nitrogen and oxygen atoms in total. The van der Waals surface area contributed by atoms with Gasteiger partial charge in [0, 0.05) is 62.8 Å². The molecule has 2 aromatic heterocycles. The predicted octanol–water partition coefficient (Wildman–Crippen LogP) is 1.01. The summed E-state index contributed by atoms with van der Waals surface area (Å²) in [6.45, 7) is 5.16. The predicted molar refractivity (Wildman–Crippen MR) is 102 cm³/mol. The fourth-order valence-electron chi connectivity index (χ4n) is 4.05. The molecule has 7 heteroatoms. The summed E-state index contributed by atoms with van der Waals surface area (Å²) in [5.74, 6) is 0.152. The summed E-state index contributed by atoms with van der Waals surface area (Å²) >= 11 is 0. The first-order valence-electron chi connectivity index (χ1n) is 9.40. The Labute approximate surface area is 157 Å². The highest BCUT2D eigenvalue weighted by Crippen LogP contribution is 2.23. The summed E-state index contributed by atoms with van der Waals surface area (Å²) < 4.78 is 1.85. The minimum absolute atomic E-state index is 0.0291. The number of benzene rings is 1. The Balaban J connectivity index is 1.35. The lowest BCUT2D eigenvalue weighted by atomic mass is 10.1. The van der Waals surface area contributed by atoms with Crippen LogP contribution in [0.15, 0.2) is 48.9 Å². The van der Waals surface area contributed by atoms with Crippen LogP contribution in [0.4, 0.5) is 0 Å². The standard InChI is InChI=1S/C20H22N6O/c27-20-18-14-24(8-9-25(18)7-6-21-20)12-15-10-22-19-17(11-23-26(19)13-15)16-4-2-1-3-5-16/h1-5,10-11,13,18H,6-9,12,14H2,(H,21,27). The molecular formula is C20H22N6O. The normalized spacial score (nSPS) is 21.2. The van der Waals surface area contributed by atoms with E-state index in [1.165, 1.54) is 0 Å². The van der Waals surface area contributed by atoms with Crippen LogP contribution in [0.1, 0.15) is 5.56 Å². The first-order valence-corrected chi connectivity index (χ1v) is 9.40. The van der Waals surface area contributed by atoms with Crippen molar-refractivity contribution in [3.05, 3.63) is 54.5 Å². The molecule has 0 aliphatic carbocycles. The van der Waals surface area contributed by atoms with Crippen LogP contribution in [0, 0.1) is 0 Å². The van der Waals surface area contributed by atoms with Crippen molar-refractivity contribution >= 4 is 11.6 Å². The number of hydrogen-bond donors (Lipinski definition) is 1. The van der Waals surface area contributed by atoms with Crippen LogP contribution in [-0.2, 0) is 11.3 Å². The zero-order valence-electron chi connectivity index (χ0n) is 15.1. The molecule has 2 saturated heterocycles. The molecule has 0 bridgehead atoms. The summed E-state index contributed by atoms with van der Waals surface area (Å²) in [6.07, 6.45) is 5.84. The topological polar surface area (TPSA) is 65.8 Å². The molecule has 2 aliphatic rings. The molecule has 0 radical (unpaired) electrons. The number of piperazine rings is 2. The number of rotatable bonds is 3. The smallest absolute Gasteiger partial charge is 0.238 e. The zero-order valence-corrected chi connectivity index (χ0v) is 15.1. The number of nitrogens with one attached hydrogen (secondary N) is 1. The summed E-state index contributed by atoms with van der Waals surface area (Å²) in [7, 11) is 0. The number of aromatic nitrogens is 3. The van der Waals surface area contributed by atoms with Gasteiger partial charge in [0.25, 0.3) is 0 Å². The molecule has 5 rings (SSSR count). The Bertz CT molecular complexity index is 969. The average Bonchev–Trinajstić information content (AvgIpc) is 3.13. The first kappa shape index (κ1) is 16.4. The maximum atomic E-state index is 12.1. The van der Waals surface area contributed by atoms with E-state index < -0.39 is 0 Å². The fraction of sp³-hybridized carbons (Fsp3) is 0.350. The van der Waals surface area contributed by atoms with Crippen molar-refractivity contribution in [1.29, 1.82) is 0 Å². The van der Waals surface area contributed by atoms with E-state index in [4.69, 9.17) is 0 Å². The largest absolute Gasteiger partial charge is 0.353 e. The van der Waals surface area contributed by atoms with Crippen LogP contribution in [-0.4, -0.2) is 69.1 Å². The Morgan fingerprint density at radius 1 is 1.11 bits per heavy atom. The first-order chi connectivity index (χ1) is 13.3. The van der Waals surface area contributed by atoms with Gasteiger partial charge in [0.2, 0.25) is 5.91 Å². The molecule has 1 N–H and O–H groups in total. The molecule has 0 saturated carbocycles. The van der Waals surface area contributed by atoms with Gasteiger partial charge >= 0.3 is 0 Å². The molecule has 4 heterocycles. The monoisotopic (exact) mass is 362 g/mol. The van der Waals surface area contributed by atoms with Crippen LogP contribution >= 0.6 is 0 Å². The lowest BCUT2D eigenvalue weighted by molar-refractivity contribution is -0.131. The number of amides is 1. The maximum absolute atomic E-state index is 12.1. The molecule has 3 aromatic rings. The molecule has 2 aliphatic heterocycles. The van der Waals surface area contributed by atoms with E-state index in [1.54, 1.807) is 0 Å². The molecule has 1 unspecified atom stereocenters. The number of fused-ring (bicyclic) bond motifs is 2. The second-order valence-corrected chi connectivity index (χ2v) is 7.23. The highest BCUT2D eigenvalue weighted by atomic mass is 16.2. The molecule has 1 atom stereocenters. The third-order valence-electron chi connectivity index (χ3n) is 5.48. The SMILES string of the molecule is O=C1NCCN2CCN(Cc3cnc4c(-c5ccccc5)cnn4c3)CC12. The minimum atomic E-state index is -0.0291. The summed E-state index contributed by atoms with van der Waals surface area (Å²) in [4.78, 5) is 21.4. The lowest BCUT2D eigenvalue weighted by Crippen LogP contribution is -2.63. The van der Waals surface area contributed by atoms with Gasteiger partial charge in [-0.05, 0) is 5.56 Å². The summed E-state index contributed by atoms with van der Waals surface area (Å²) in [5.41, 5.74) is 4.12. The Hall–Kier alpha value is -2.77. The maximum Gasteiger partial charge on any atom is 0.238 e. The molecular weight excluding hydrogens is 340 g/mol. The van der Waals surface area contributed by atoms with Gasteiger partial charge in [0.05, 0.1) is 6.20 Å². The second kappa shape index (κ2) is 6.75. The number of hydrogen-bond acceptors (Lipinski definition) is 5. The van der Waals surface area contributed by atoms with Crippen molar-refractivity contribution in [2.75, 3.05) is 32.7 Å². The number of carbonyl (C=O) groups is 1. The van der Waals surface area contributed by atoms with Crippen molar-refractivity contribution in [2.45, 2.75) is 12.6 Å². The van der Waals surface area contributed by atoms with E-state index >= 15 is 0 Å². The second-order valence-electron chi connectivity index (χ2n) is 7.23. The van der Waals surface area contributed by atoms with E-state index in [-0.39, 0.29) is 11.9 Å². The van der Waals surface area contributed by atoms with Gasteiger partial charge in [-0.1, -0.05) is 30.3 Å². The number of nitrogens with zero attached hydrogens (tertiary/aromatic N) is 5. The quantitative estimate of drug-likeness (QED) is 0.753. The van der Waals surface area contributed by atoms with E-state index in [9.17, 15) is 4.79 Å². The van der Waals surface area contributed by atoms with Crippen LogP contribution in [0.5, 0.6) is 0 Å². The van der Waals surface area contributed by atoms with Crippen molar-refractivity contribution < 1.29 is 4.79 Å². The third kappa shape index (κ3) is 3.09. The van der Waals surface area contributed by atoms with Gasteiger partial charge in [-0.15, -0.1) is 0 Å². The van der Waals surface area contributed by atoms with Crippen molar-refractivity contribution in [3.63, 3.8) is 0 Å². The van der Waals surface area contributed by atoms with Crippen LogP contribution < -0.4 is 5.32 Å². The minimum Gasteiger partial charge on any atom is -0.353 e. The Morgan fingerprint density at radius 3 is 2.89 bits per heavy atom. The highest BCUT2D eigenvalue weighted by Gasteiger charge is 2.34. The molecule has 0 spiro atoms. The highest BCUT2D eigenvalue weighted by molar-refractivity contribution is 5.82. The fourth-order valence-corrected chi connectivity index (χ4v) is 4.05. The van der Waals surface area contributed by atoms with Gasteiger partial charge in [0.1, 0.15) is 6.04 Å². The van der Waals surface area contributed by atoms with Crippen molar-refractivity contribution in [1.82, 2.24) is 29.7 Å². The zero-order chi connectivity index (χ0) is 18.2. The molecule has 1 amide bonds. The van der Waals surface area contributed by atoms with Crippen molar-refractivity contribution in [3.8, 4) is 11.1 Å². The van der Waals surface area contributed by atoms with E-state index in [1.807, 2.05) is 41.3 Å². The average molecular weight is 362 g/mol. The summed E-state index contributed by atoms with van der Waals surface area (Å²) in [6, 6.07) is 10.2. The Kier molecular flexibility index (Phi) is 4.10. The number of carbonyl (C=O) groups excluding carboxylic acids is 1. The lowest BCUT2D eigenvalue weighted by Gasteiger charge is -2.43. The summed E-state index contributed by atoms with van der Waals surface area (Å²) in [5, 5.41) is 7.46. The third-order valence-corrected chi connectivity index (χ3v) is 5.48. The Morgan fingerprint density at radius 2 is 2.00 bits per heavy atom. The van der Waals surface area contributed by atoms with Gasteiger partial charge in [-0.2, -0.15) is 5.10 Å². The van der Waals surface area contributed by atoms with Crippen LogP contribution in [0.25, 0.3) is 16.8 Å². The van der Waals surface area contributed by atoms with Crippen LogP contribution in [0.2, 0.25) is 0 Å².